The van der Waals surface area contributed by atoms with E-state index in [1.54, 1.807) is 35.3 Å². The summed E-state index contributed by atoms with van der Waals surface area (Å²) in [6.07, 6.45) is 2.94. The molecule has 254 valence electrons. The number of halogens is 1. The lowest BCUT2D eigenvalue weighted by molar-refractivity contribution is -0.136. The zero-order chi connectivity index (χ0) is 35.8. The lowest BCUT2D eigenvalue weighted by Gasteiger charge is -2.35. The summed E-state index contributed by atoms with van der Waals surface area (Å²) in [6.45, 7) is 0.202. The zero-order valence-corrected chi connectivity index (χ0v) is 28.9. The van der Waals surface area contributed by atoms with E-state index < -0.39 is 17.4 Å². The maximum atomic E-state index is 13.5. The molecule has 6 aromatic rings. The summed E-state index contributed by atoms with van der Waals surface area (Å²) in [7, 11) is 1.21. The predicted molar refractivity (Wildman–Crippen MR) is 196 cm³/mol. The van der Waals surface area contributed by atoms with Gasteiger partial charge in [0, 0.05) is 22.7 Å². The van der Waals surface area contributed by atoms with Crippen molar-refractivity contribution >= 4 is 39.8 Å². The van der Waals surface area contributed by atoms with Crippen LogP contribution in [0, 0.1) is 0 Å². The van der Waals surface area contributed by atoms with E-state index >= 15 is 0 Å². The van der Waals surface area contributed by atoms with Crippen molar-refractivity contribution in [2.45, 2.75) is 12.1 Å². The third-order valence-corrected chi connectivity index (χ3v) is 8.85. The van der Waals surface area contributed by atoms with Crippen LogP contribution < -0.4 is 10.6 Å². The van der Waals surface area contributed by atoms with Crippen LogP contribution in [-0.2, 0) is 21.6 Å². The largest absolute Gasteiger partial charge is 0.508 e. The molecule has 0 saturated heterocycles. The average Bonchev–Trinajstić information content (AvgIpc) is 3.63. The summed E-state index contributed by atoms with van der Waals surface area (Å²) in [5.41, 5.74) is 2.89. The molecule has 51 heavy (non-hydrogen) atoms. The van der Waals surface area contributed by atoms with Crippen LogP contribution >= 0.6 is 15.9 Å². The number of carbonyl (C=O) groups is 3. The van der Waals surface area contributed by atoms with Crippen LogP contribution in [0.25, 0.3) is 6.08 Å². The molecule has 1 heterocycles. The maximum Gasteiger partial charge on any atom is 0.354 e. The van der Waals surface area contributed by atoms with E-state index in [2.05, 4.69) is 31.5 Å². The highest BCUT2D eigenvalue weighted by atomic mass is 79.9. The minimum Gasteiger partial charge on any atom is -0.508 e. The number of rotatable bonds is 11. The van der Waals surface area contributed by atoms with Crippen molar-refractivity contribution in [2.24, 2.45) is 0 Å². The average molecular weight is 743 g/mol. The van der Waals surface area contributed by atoms with Gasteiger partial charge in [0.05, 0.1) is 12.7 Å². The van der Waals surface area contributed by atoms with Gasteiger partial charge in [-0.15, -0.1) is 5.10 Å². The Balaban J connectivity index is 1.30. The number of phenolic OH excluding ortho intramolecular Hbond substituents is 1. The van der Waals surface area contributed by atoms with Crippen molar-refractivity contribution in [3.8, 4) is 5.75 Å². The van der Waals surface area contributed by atoms with Gasteiger partial charge >= 0.3 is 5.97 Å². The second-order valence-corrected chi connectivity index (χ2v) is 12.3. The molecule has 0 bridgehead atoms. The molecule has 6 rings (SSSR count). The van der Waals surface area contributed by atoms with E-state index in [4.69, 9.17) is 9.84 Å². The number of aromatic hydroxyl groups is 1. The number of amides is 2. The molecule has 1 aromatic heterocycles. The summed E-state index contributed by atoms with van der Waals surface area (Å²) in [4.78, 5) is 43.8. The molecule has 0 aliphatic heterocycles. The predicted octanol–water partition coefficient (Wildman–Crippen LogP) is 6.46. The number of hydrogen-bond donors (Lipinski definition) is 3. The second kappa shape index (κ2) is 15.5. The molecule has 0 saturated carbocycles. The van der Waals surface area contributed by atoms with E-state index in [-0.39, 0.29) is 35.3 Å². The van der Waals surface area contributed by atoms with Crippen LogP contribution in [0.1, 0.15) is 48.8 Å². The number of carbonyl (C=O) groups excluding carboxylic acids is 3. The van der Waals surface area contributed by atoms with Gasteiger partial charge in [0.1, 0.15) is 23.3 Å². The number of esters is 1. The topological polar surface area (TPSA) is 135 Å². The summed E-state index contributed by atoms with van der Waals surface area (Å²) in [6, 6.07) is 40.8. The Kier molecular flexibility index (Phi) is 10.5. The zero-order valence-electron chi connectivity index (χ0n) is 27.4. The highest BCUT2D eigenvalue weighted by Crippen LogP contribution is 2.40. The molecule has 0 atom stereocenters. The van der Waals surface area contributed by atoms with Gasteiger partial charge in [-0.2, -0.15) is 0 Å². The number of ether oxygens (including phenoxy) is 1. The van der Waals surface area contributed by atoms with Crippen LogP contribution in [0.15, 0.2) is 150 Å². The Hall–Kier alpha value is -6.33. The fourth-order valence-corrected chi connectivity index (χ4v) is 6.36. The molecule has 0 fully saturated rings. The Morgan fingerprint density at radius 2 is 1.41 bits per heavy atom. The Morgan fingerprint density at radius 1 is 0.804 bits per heavy atom. The number of nitrogens with one attached hydrogen (secondary N) is 2. The normalized spacial score (nSPS) is 11.5. The first-order chi connectivity index (χ1) is 24.8. The molecular formula is C40H32BrN5O5. The number of aromatic nitrogens is 3. The van der Waals surface area contributed by atoms with Crippen molar-refractivity contribution in [1.82, 2.24) is 25.4 Å². The van der Waals surface area contributed by atoms with Crippen molar-refractivity contribution in [2.75, 3.05) is 7.11 Å². The standard InChI is InChI=1S/C40H32BrN5O5/c1-51-39(50)35(44-38(49)33-21-20-28(23-34(33)41)37(48)42-25-27-12-11-19-32(47)22-27)24-36-43-26-46(45-36)40(29-13-5-2-6-14-29,30-15-7-3-8-16-30)31-17-9-4-10-18-31/h2-24,26,47H,25H2,1H3,(H,42,48)(H,44,49). The van der Waals surface area contributed by atoms with E-state index in [1.807, 2.05) is 91.0 Å². The maximum absolute atomic E-state index is 13.5. The molecule has 0 spiro atoms. The Labute approximate surface area is 302 Å². The third kappa shape index (κ3) is 7.48. The number of hydrogen-bond acceptors (Lipinski definition) is 7. The van der Waals surface area contributed by atoms with Crippen LogP contribution in [-0.4, -0.2) is 44.8 Å². The monoisotopic (exact) mass is 741 g/mol. The van der Waals surface area contributed by atoms with Crippen LogP contribution in [0.3, 0.4) is 0 Å². The fraction of sp³-hybridized carbons (Fsp3) is 0.0750. The molecule has 0 radical (unpaired) electrons. The van der Waals surface area contributed by atoms with Crippen molar-refractivity contribution in [3.63, 3.8) is 0 Å². The van der Waals surface area contributed by atoms with Gasteiger partial charge < -0.3 is 20.5 Å². The van der Waals surface area contributed by atoms with Gasteiger partial charge in [0.15, 0.2) is 5.82 Å². The van der Waals surface area contributed by atoms with Crippen LogP contribution in [0.5, 0.6) is 5.75 Å². The van der Waals surface area contributed by atoms with Crippen molar-refractivity contribution < 1.29 is 24.2 Å². The van der Waals surface area contributed by atoms with Crippen LogP contribution in [0.2, 0.25) is 0 Å². The van der Waals surface area contributed by atoms with E-state index in [9.17, 15) is 19.5 Å². The van der Waals surface area contributed by atoms with E-state index in [0.29, 0.717) is 10.0 Å². The quantitative estimate of drug-likeness (QED) is 0.0788. The molecule has 0 unspecified atom stereocenters. The number of benzene rings is 5. The lowest BCUT2D eigenvalue weighted by Crippen LogP contribution is -2.38. The third-order valence-electron chi connectivity index (χ3n) is 8.19. The molecular weight excluding hydrogens is 710 g/mol. The molecule has 10 nitrogen and oxygen atoms in total. The highest BCUT2D eigenvalue weighted by Gasteiger charge is 2.39. The molecule has 11 heteroatoms. The van der Waals surface area contributed by atoms with Crippen LogP contribution in [0.4, 0.5) is 0 Å². The number of nitrogens with zero attached hydrogens (tertiary/aromatic N) is 3. The number of phenols is 1. The number of methoxy groups -OCH3 is 1. The van der Waals surface area contributed by atoms with Gasteiger partial charge in [-0.05, 0) is 68.5 Å². The first-order valence-electron chi connectivity index (χ1n) is 15.9. The summed E-state index contributed by atoms with van der Waals surface area (Å²) in [5, 5.41) is 19.9. The van der Waals surface area contributed by atoms with Gasteiger partial charge in [-0.1, -0.05) is 103 Å². The van der Waals surface area contributed by atoms with E-state index in [0.717, 1.165) is 22.3 Å². The molecule has 2 amide bonds. The minimum absolute atomic E-state index is 0.101. The van der Waals surface area contributed by atoms with Gasteiger partial charge in [-0.25, -0.2) is 14.5 Å². The Bertz CT molecular complexity index is 2110. The van der Waals surface area contributed by atoms with Gasteiger partial charge in [0.2, 0.25) is 0 Å². The van der Waals surface area contributed by atoms with Crippen molar-refractivity contribution in [3.05, 3.63) is 189 Å². The Morgan fingerprint density at radius 3 is 1.96 bits per heavy atom. The first kappa shape index (κ1) is 34.5. The van der Waals surface area contributed by atoms with Crippen molar-refractivity contribution in [1.29, 1.82) is 0 Å². The second-order valence-electron chi connectivity index (χ2n) is 11.4. The SMILES string of the molecule is COC(=O)C(=Cc1ncn(C(c2ccccc2)(c2ccccc2)c2ccccc2)n1)NC(=O)c1ccc(C(=O)NCc2cccc(O)c2)cc1Br. The summed E-state index contributed by atoms with van der Waals surface area (Å²) < 4.78 is 7.07. The summed E-state index contributed by atoms with van der Waals surface area (Å²) >= 11 is 3.39. The smallest absolute Gasteiger partial charge is 0.354 e. The summed E-state index contributed by atoms with van der Waals surface area (Å²) in [5.74, 6) is -1.55. The minimum atomic E-state index is -0.931. The fourth-order valence-electron chi connectivity index (χ4n) is 5.80. The highest BCUT2D eigenvalue weighted by molar-refractivity contribution is 9.10. The lowest BCUT2D eigenvalue weighted by atomic mass is 9.77. The molecule has 5 aromatic carbocycles. The van der Waals surface area contributed by atoms with Gasteiger partial charge in [-0.3, -0.25) is 9.59 Å². The van der Waals surface area contributed by atoms with E-state index in [1.165, 1.54) is 31.4 Å². The molecule has 0 aliphatic carbocycles. The molecule has 3 N–H and O–H groups in total. The molecule has 0 aliphatic rings. The first-order valence-corrected chi connectivity index (χ1v) is 16.6. The van der Waals surface area contributed by atoms with Gasteiger partial charge in [0.25, 0.3) is 11.8 Å².